The highest BCUT2D eigenvalue weighted by Gasteiger charge is 2.05. The Hall–Kier alpha value is -2.76. The maximum Gasteiger partial charge on any atom is 0.269 e. The minimum atomic E-state index is -0.428. The van der Waals surface area contributed by atoms with Crippen molar-refractivity contribution in [3.05, 3.63) is 64.3 Å². The zero-order valence-electron chi connectivity index (χ0n) is 10.3. The SMILES string of the molecule is C/C(=N\Nc1ccccn1)c1ccc([N+](=O)[O-])cc1. The molecule has 0 fully saturated rings. The van der Waals surface area contributed by atoms with Gasteiger partial charge in [0.05, 0.1) is 10.6 Å². The van der Waals surface area contributed by atoms with Crippen LogP contribution < -0.4 is 5.43 Å². The van der Waals surface area contributed by atoms with Crippen molar-refractivity contribution in [3.8, 4) is 0 Å². The van der Waals surface area contributed by atoms with E-state index >= 15 is 0 Å². The van der Waals surface area contributed by atoms with Crippen molar-refractivity contribution in [1.29, 1.82) is 0 Å². The van der Waals surface area contributed by atoms with E-state index in [1.165, 1.54) is 12.1 Å². The van der Waals surface area contributed by atoms with Crippen LogP contribution >= 0.6 is 0 Å². The fourth-order valence-corrected chi connectivity index (χ4v) is 1.46. The molecule has 0 radical (unpaired) electrons. The number of non-ortho nitro benzene ring substituents is 1. The van der Waals surface area contributed by atoms with Gasteiger partial charge in [0.15, 0.2) is 0 Å². The van der Waals surface area contributed by atoms with Crippen LogP contribution in [-0.2, 0) is 0 Å². The van der Waals surface area contributed by atoms with Crippen molar-refractivity contribution in [2.24, 2.45) is 5.10 Å². The highest BCUT2D eigenvalue weighted by molar-refractivity contribution is 5.99. The normalized spacial score (nSPS) is 11.1. The lowest BCUT2D eigenvalue weighted by atomic mass is 10.1. The van der Waals surface area contributed by atoms with Gasteiger partial charge in [-0.3, -0.25) is 15.5 Å². The summed E-state index contributed by atoms with van der Waals surface area (Å²) in [6, 6.07) is 11.7. The van der Waals surface area contributed by atoms with Gasteiger partial charge in [0.1, 0.15) is 5.82 Å². The summed E-state index contributed by atoms with van der Waals surface area (Å²) in [6.45, 7) is 1.82. The molecule has 0 amide bonds. The molecule has 0 atom stereocenters. The first kappa shape index (κ1) is 12.7. The first-order chi connectivity index (χ1) is 9.16. The second-order valence-corrected chi connectivity index (χ2v) is 3.83. The van der Waals surface area contributed by atoms with E-state index in [1.807, 2.05) is 19.1 Å². The second kappa shape index (κ2) is 5.72. The summed E-state index contributed by atoms with van der Waals surface area (Å²) in [5.41, 5.74) is 4.42. The molecule has 19 heavy (non-hydrogen) atoms. The zero-order chi connectivity index (χ0) is 13.7. The van der Waals surface area contributed by atoms with Gasteiger partial charge in [0, 0.05) is 18.3 Å². The Kier molecular flexibility index (Phi) is 3.82. The molecular weight excluding hydrogens is 244 g/mol. The van der Waals surface area contributed by atoms with E-state index in [2.05, 4.69) is 15.5 Å². The molecule has 1 N–H and O–H groups in total. The van der Waals surface area contributed by atoms with Crippen LogP contribution in [0.2, 0.25) is 0 Å². The van der Waals surface area contributed by atoms with Gasteiger partial charge in [0.2, 0.25) is 0 Å². The number of nitro benzene ring substituents is 1. The van der Waals surface area contributed by atoms with Gasteiger partial charge in [-0.05, 0) is 36.8 Å². The molecule has 6 nitrogen and oxygen atoms in total. The minimum Gasteiger partial charge on any atom is -0.261 e. The number of rotatable bonds is 4. The summed E-state index contributed by atoms with van der Waals surface area (Å²) in [5, 5.41) is 14.7. The fraction of sp³-hybridized carbons (Fsp3) is 0.0769. The predicted octanol–water partition coefficient (Wildman–Crippen LogP) is 2.83. The van der Waals surface area contributed by atoms with Gasteiger partial charge in [-0.15, -0.1) is 0 Å². The largest absolute Gasteiger partial charge is 0.269 e. The average Bonchev–Trinajstić information content (AvgIpc) is 2.46. The van der Waals surface area contributed by atoms with Crippen molar-refractivity contribution < 1.29 is 4.92 Å². The molecule has 0 unspecified atom stereocenters. The molecule has 0 aliphatic heterocycles. The summed E-state index contributed by atoms with van der Waals surface area (Å²) >= 11 is 0. The predicted molar refractivity (Wildman–Crippen MR) is 73.2 cm³/mol. The molecule has 0 aliphatic rings. The first-order valence-corrected chi connectivity index (χ1v) is 5.63. The maximum absolute atomic E-state index is 10.5. The third-order valence-corrected chi connectivity index (χ3v) is 2.50. The molecule has 2 rings (SSSR count). The lowest BCUT2D eigenvalue weighted by molar-refractivity contribution is -0.384. The number of benzene rings is 1. The van der Waals surface area contributed by atoms with Crippen molar-refractivity contribution in [3.63, 3.8) is 0 Å². The highest BCUT2D eigenvalue weighted by Crippen LogP contribution is 2.12. The van der Waals surface area contributed by atoms with Crippen LogP contribution in [0.5, 0.6) is 0 Å². The van der Waals surface area contributed by atoms with Gasteiger partial charge in [0.25, 0.3) is 5.69 Å². The number of nitrogens with one attached hydrogen (secondary N) is 1. The molecule has 0 saturated heterocycles. The van der Waals surface area contributed by atoms with Crippen molar-refractivity contribution in [1.82, 2.24) is 4.98 Å². The first-order valence-electron chi connectivity index (χ1n) is 5.63. The summed E-state index contributed by atoms with van der Waals surface area (Å²) < 4.78 is 0. The number of pyridine rings is 1. The molecule has 0 bridgehead atoms. The Morgan fingerprint density at radius 2 is 2.00 bits per heavy atom. The fourth-order valence-electron chi connectivity index (χ4n) is 1.46. The molecule has 6 heteroatoms. The second-order valence-electron chi connectivity index (χ2n) is 3.83. The molecule has 0 spiro atoms. The van der Waals surface area contributed by atoms with Gasteiger partial charge in [-0.25, -0.2) is 4.98 Å². The minimum absolute atomic E-state index is 0.0641. The smallest absolute Gasteiger partial charge is 0.261 e. The molecule has 2 aromatic rings. The number of nitrogens with zero attached hydrogens (tertiary/aromatic N) is 3. The lowest BCUT2D eigenvalue weighted by Crippen LogP contribution is -2.00. The number of nitro groups is 1. The maximum atomic E-state index is 10.5. The Morgan fingerprint density at radius 1 is 1.26 bits per heavy atom. The zero-order valence-corrected chi connectivity index (χ0v) is 10.3. The van der Waals surface area contributed by atoms with E-state index in [0.717, 1.165) is 11.3 Å². The molecule has 0 saturated carbocycles. The van der Waals surface area contributed by atoms with E-state index in [9.17, 15) is 10.1 Å². The topological polar surface area (TPSA) is 80.4 Å². The third-order valence-electron chi connectivity index (χ3n) is 2.50. The Labute approximate surface area is 110 Å². The number of hydrogen-bond donors (Lipinski definition) is 1. The summed E-state index contributed by atoms with van der Waals surface area (Å²) in [5.74, 6) is 0.642. The van der Waals surface area contributed by atoms with Crippen molar-refractivity contribution in [2.45, 2.75) is 6.92 Å². The Bertz CT molecular complexity index is 594. The summed E-state index contributed by atoms with van der Waals surface area (Å²) in [6.07, 6.45) is 1.67. The Morgan fingerprint density at radius 3 is 2.58 bits per heavy atom. The number of hydrogen-bond acceptors (Lipinski definition) is 5. The lowest BCUT2D eigenvalue weighted by Gasteiger charge is -2.02. The van der Waals surface area contributed by atoms with Crippen molar-refractivity contribution in [2.75, 3.05) is 5.43 Å². The van der Waals surface area contributed by atoms with Crippen LogP contribution in [0.15, 0.2) is 53.8 Å². The van der Waals surface area contributed by atoms with E-state index in [0.29, 0.717) is 5.82 Å². The van der Waals surface area contributed by atoms with E-state index in [-0.39, 0.29) is 5.69 Å². The third kappa shape index (κ3) is 3.35. The van der Waals surface area contributed by atoms with E-state index in [1.54, 1.807) is 24.4 Å². The summed E-state index contributed by atoms with van der Waals surface area (Å²) in [4.78, 5) is 14.2. The van der Waals surface area contributed by atoms with Crippen LogP contribution in [0.3, 0.4) is 0 Å². The van der Waals surface area contributed by atoms with Crippen LogP contribution in [0.1, 0.15) is 12.5 Å². The van der Waals surface area contributed by atoms with Gasteiger partial charge < -0.3 is 0 Å². The van der Waals surface area contributed by atoms with E-state index < -0.39 is 4.92 Å². The van der Waals surface area contributed by atoms with Crippen LogP contribution in [-0.4, -0.2) is 15.6 Å². The molecule has 1 aromatic carbocycles. The molecule has 0 aliphatic carbocycles. The van der Waals surface area contributed by atoms with E-state index in [4.69, 9.17) is 0 Å². The Balaban J connectivity index is 2.10. The highest BCUT2D eigenvalue weighted by atomic mass is 16.6. The monoisotopic (exact) mass is 256 g/mol. The standard InChI is InChI=1S/C13H12N4O2/c1-10(15-16-13-4-2-3-9-14-13)11-5-7-12(8-6-11)17(18)19/h2-9H,1H3,(H,14,16)/b15-10+. The van der Waals surface area contributed by atoms with Crippen LogP contribution in [0.25, 0.3) is 0 Å². The van der Waals surface area contributed by atoms with Gasteiger partial charge in [-0.1, -0.05) is 6.07 Å². The van der Waals surface area contributed by atoms with Gasteiger partial charge >= 0.3 is 0 Å². The molecule has 1 heterocycles. The molecule has 96 valence electrons. The van der Waals surface area contributed by atoms with Gasteiger partial charge in [-0.2, -0.15) is 5.10 Å². The quantitative estimate of drug-likeness (QED) is 0.518. The number of hydrazone groups is 1. The molecule has 1 aromatic heterocycles. The van der Waals surface area contributed by atoms with Crippen molar-refractivity contribution >= 4 is 17.2 Å². The average molecular weight is 256 g/mol. The van der Waals surface area contributed by atoms with Crippen LogP contribution in [0, 0.1) is 10.1 Å². The number of aromatic nitrogens is 1. The van der Waals surface area contributed by atoms with Crippen LogP contribution in [0.4, 0.5) is 11.5 Å². The molecular formula is C13H12N4O2. The number of anilines is 1. The summed E-state index contributed by atoms with van der Waals surface area (Å²) in [7, 11) is 0.